The fourth-order valence-electron chi connectivity index (χ4n) is 2.79. The number of hydrogen-bond acceptors (Lipinski definition) is 3. The van der Waals surface area contributed by atoms with Crippen LogP contribution in [0.3, 0.4) is 0 Å². The zero-order valence-electron chi connectivity index (χ0n) is 15.4. The van der Waals surface area contributed by atoms with Crippen LogP contribution in [0.25, 0.3) is 11.0 Å². The Morgan fingerprint density at radius 1 is 1.37 bits per heavy atom. The van der Waals surface area contributed by atoms with Gasteiger partial charge in [-0.3, -0.25) is 4.79 Å². The van der Waals surface area contributed by atoms with Crippen molar-refractivity contribution in [1.29, 1.82) is 0 Å². The van der Waals surface area contributed by atoms with Crippen LogP contribution in [0.4, 0.5) is 4.39 Å². The van der Waals surface area contributed by atoms with Crippen molar-refractivity contribution in [2.45, 2.75) is 26.0 Å². The summed E-state index contributed by atoms with van der Waals surface area (Å²) >= 11 is 6.18. The molecule has 0 fully saturated rings. The monoisotopic (exact) mass is 389 g/mol. The summed E-state index contributed by atoms with van der Waals surface area (Å²) in [6, 6.07) is 8.17. The molecule has 0 bridgehead atoms. The average molecular weight is 390 g/mol. The van der Waals surface area contributed by atoms with Gasteiger partial charge in [-0.05, 0) is 26.0 Å². The van der Waals surface area contributed by atoms with Crippen molar-refractivity contribution in [2.24, 2.45) is 7.05 Å². The molecule has 0 aliphatic heterocycles. The van der Waals surface area contributed by atoms with Crippen molar-refractivity contribution in [1.82, 2.24) is 14.9 Å². The number of halogens is 2. The van der Waals surface area contributed by atoms with Crippen LogP contribution in [0.5, 0.6) is 0 Å². The molecule has 0 unspecified atom stereocenters. The van der Waals surface area contributed by atoms with Crippen LogP contribution in [0.15, 0.2) is 42.7 Å². The Bertz CT molecular complexity index is 985. The van der Waals surface area contributed by atoms with Gasteiger partial charge in [0.2, 0.25) is 0 Å². The molecule has 0 radical (unpaired) electrons. The first-order chi connectivity index (χ1) is 12.8. The van der Waals surface area contributed by atoms with Gasteiger partial charge in [0.15, 0.2) is 0 Å². The van der Waals surface area contributed by atoms with Gasteiger partial charge < -0.3 is 14.6 Å². The van der Waals surface area contributed by atoms with Gasteiger partial charge in [0.25, 0.3) is 5.91 Å². The summed E-state index contributed by atoms with van der Waals surface area (Å²) in [5.41, 5.74) is 0.965. The molecule has 142 valence electrons. The number of amides is 1. The second-order valence-electron chi connectivity index (χ2n) is 7.11. The fourth-order valence-corrected chi connectivity index (χ4v) is 3.07. The van der Waals surface area contributed by atoms with E-state index in [1.54, 1.807) is 35.0 Å². The molecule has 3 rings (SSSR count). The number of pyridine rings is 1. The Morgan fingerprint density at radius 2 is 2.11 bits per heavy atom. The van der Waals surface area contributed by atoms with Crippen molar-refractivity contribution < 1.29 is 13.9 Å². The third-order valence-corrected chi connectivity index (χ3v) is 4.46. The normalized spacial score (nSPS) is 11.7. The lowest BCUT2D eigenvalue weighted by Crippen LogP contribution is -2.47. The average Bonchev–Trinajstić information content (AvgIpc) is 2.90. The molecule has 0 saturated carbocycles. The molecule has 27 heavy (non-hydrogen) atoms. The molecule has 1 aromatic carbocycles. The predicted octanol–water partition coefficient (Wildman–Crippen LogP) is 4.09. The standard InChI is InChI=1S/C20H21ClFN3O2/c1-20(2,12-27-11-13-6-4-5-7-17(13)22)24-19(26)14-8-15-16(21)10-25(3)18(15)23-9-14/h4-10H,11-12H2,1-3H3,(H,24,26). The van der Waals surface area contributed by atoms with E-state index < -0.39 is 5.54 Å². The molecule has 0 spiro atoms. The smallest absolute Gasteiger partial charge is 0.253 e. The number of fused-ring (bicyclic) bond motifs is 1. The van der Waals surface area contributed by atoms with E-state index in [9.17, 15) is 9.18 Å². The predicted molar refractivity (Wildman–Crippen MR) is 103 cm³/mol. The number of ether oxygens (including phenoxy) is 1. The summed E-state index contributed by atoms with van der Waals surface area (Å²) in [5, 5.41) is 4.18. The molecule has 2 aromatic heterocycles. The van der Waals surface area contributed by atoms with Crippen LogP contribution in [-0.4, -0.2) is 27.6 Å². The summed E-state index contributed by atoms with van der Waals surface area (Å²) in [6.07, 6.45) is 3.27. The van der Waals surface area contributed by atoms with Gasteiger partial charge in [0.05, 0.1) is 29.3 Å². The SMILES string of the molecule is Cn1cc(Cl)c2cc(C(=O)NC(C)(C)COCc3ccccc3F)cnc21. The Labute approximate surface area is 162 Å². The number of nitrogens with one attached hydrogen (secondary N) is 1. The molecule has 0 aliphatic carbocycles. The zero-order valence-corrected chi connectivity index (χ0v) is 16.2. The van der Waals surface area contributed by atoms with E-state index in [0.717, 1.165) is 5.39 Å². The van der Waals surface area contributed by atoms with Crippen LogP contribution < -0.4 is 5.32 Å². The largest absolute Gasteiger partial charge is 0.374 e. The van der Waals surface area contributed by atoms with Crippen molar-refractivity contribution in [3.63, 3.8) is 0 Å². The van der Waals surface area contributed by atoms with Gasteiger partial charge in [-0.1, -0.05) is 29.8 Å². The van der Waals surface area contributed by atoms with Gasteiger partial charge in [0, 0.05) is 30.4 Å². The Hall–Kier alpha value is -2.44. The number of aryl methyl sites for hydroxylation is 1. The maximum absolute atomic E-state index is 13.6. The fraction of sp³-hybridized carbons (Fsp3) is 0.300. The maximum Gasteiger partial charge on any atom is 0.253 e. The van der Waals surface area contributed by atoms with Crippen LogP contribution in [-0.2, 0) is 18.4 Å². The van der Waals surface area contributed by atoms with Gasteiger partial charge in [-0.15, -0.1) is 0 Å². The summed E-state index contributed by atoms with van der Waals surface area (Å²) in [4.78, 5) is 16.9. The molecule has 5 nitrogen and oxygen atoms in total. The van der Waals surface area contributed by atoms with E-state index in [-0.39, 0.29) is 24.9 Å². The first kappa shape index (κ1) is 19.3. The van der Waals surface area contributed by atoms with Crippen LogP contribution >= 0.6 is 11.6 Å². The molecule has 0 atom stereocenters. The molecular formula is C20H21ClFN3O2. The van der Waals surface area contributed by atoms with Crippen molar-refractivity contribution in [3.05, 3.63) is 64.7 Å². The van der Waals surface area contributed by atoms with E-state index in [1.807, 2.05) is 20.9 Å². The summed E-state index contributed by atoms with van der Waals surface area (Å²) in [6.45, 7) is 4.05. The highest BCUT2D eigenvalue weighted by molar-refractivity contribution is 6.35. The van der Waals surface area contributed by atoms with Gasteiger partial charge in [-0.2, -0.15) is 0 Å². The number of carbonyl (C=O) groups is 1. The van der Waals surface area contributed by atoms with Gasteiger partial charge in [-0.25, -0.2) is 9.37 Å². The maximum atomic E-state index is 13.6. The topological polar surface area (TPSA) is 56.2 Å². The Kier molecular flexibility index (Phi) is 5.48. The minimum Gasteiger partial charge on any atom is -0.374 e. The lowest BCUT2D eigenvalue weighted by Gasteiger charge is -2.26. The molecule has 2 heterocycles. The second-order valence-corrected chi connectivity index (χ2v) is 7.51. The quantitative estimate of drug-likeness (QED) is 0.690. The minimum atomic E-state index is -0.641. The summed E-state index contributed by atoms with van der Waals surface area (Å²) in [5.74, 6) is -0.581. The summed E-state index contributed by atoms with van der Waals surface area (Å²) in [7, 11) is 1.84. The van der Waals surface area contributed by atoms with Crippen molar-refractivity contribution in [2.75, 3.05) is 6.61 Å². The molecule has 1 amide bonds. The van der Waals surface area contributed by atoms with Crippen molar-refractivity contribution >= 4 is 28.5 Å². The molecule has 0 saturated heterocycles. The number of nitrogens with zero attached hydrogens (tertiary/aromatic N) is 2. The van der Waals surface area contributed by atoms with Crippen LogP contribution in [0.2, 0.25) is 5.02 Å². The lowest BCUT2D eigenvalue weighted by molar-refractivity contribution is 0.0606. The number of hydrogen-bond donors (Lipinski definition) is 1. The van der Waals surface area contributed by atoms with E-state index in [2.05, 4.69) is 10.3 Å². The van der Waals surface area contributed by atoms with Gasteiger partial charge in [0.1, 0.15) is 11.5 Å². The van der Waals surface area contributed by atoms with Crippen LogP contribution in [0, 0.1) is 5.82 Å². The molecule has 1 N–H and O–H groups in total. The first-order valence-corrected chi connectivity index (χ1v) is 8.89. The third kappa shape index (κ3) is 4.46. The number of aromatic nitrogens is 2. The summed E-state index contributed by atoms with van der Waals surface area (Å²) < 4.78 is 21.0. The first-order valence-electron chi connectivity index (χ1n) is 8.51. The highest BCUT2D eigenvalue weighted by Crippen LogP contribution is 2.24. The lowest BCUT2D eigenvalue weighted by atomic mass is 10.1. The third-order valence-electron chi connectivity index (χ3n) is 4.16. The molecule has 3 aromatic rings. The number of benzene rings is 1. The Balaban J connectivity index is 1.63. The minimum absolute atomic E-state index is 0.138. The van der Waals surface area contributed by atoms with E-state index in [0.29, 0.717) is 21.8 Å². The van der Waals surface area contributed by atoms with E-state index in [4.69, 9.17) is 16.3 Å². The highest BCUT2D eigenvalue weighted by Gasteiger charge is 2.22. The second kappa shape index (κ2) is 7.66. The number of carbonyl (C=O) groups excluding carboxylic acids is 1. The molecular weight excluding hydrogens is 369 g/mol. The zero-order chi connectivity index (χ0) is 19.6. The highest BCUT2D eigenvalue weighted by atomic mass is 35.5. The van der Waals surface area contributed by atoms with E-state index >= 15 is 0 Å². The molecule has 0 aliphatic rings. The van der Waals surface area contributed by atoms with Crippen LogP contribution in [0.1, 0.15) is 29.8 Å². The number of rotatable bonds is 6. The van der Waals surface area contributed by atoms with Crippen molar-refractivity contribution in [3.8, 4) is 0 Å². The van der Waals surface area contributed by atoms with Gasteiger partial charge >= 0.3 is 0 Å². The Morgan fingerprint density at radius 3 is 2.85 bits per heavy atom. The molecule has 7 heteroatoms. The van der Waals surface area contributed by atoms with E-state index in [1.165, 1.54) is 12.3 Å².